The second-order valence-electron chi connectivity index (χ2n) is 8.11. The van der Waals surface area contributed by atoms with E-state index in [9.17, 15) is 4.79 Å². The zero-order valence-corrected chi connectivity index (χ0v) is 18.0. The van der Waals surface area contributed by atoms with Gasteiger partial charge >= 0.3 is 5.97 Å². The third-order valence-electron chi connectivity index (χ3n) is 6.00. The molecule has 4 nitrogen and oxygen atoms in total. The second kappa shape index (κ2) is 10.5. The molecule has 3 aliphatic rings. The van der Waals surface area contributed by atoms with E-state index in [1.807, 2.05) is 6.08 Å². The summed E-state index contributed by atoms with van der Waals surface area (Å²) in [5, 5.41) is 10.2. The molecule has 0 spiro atoms. The Morgan fingerprint density at radius 3 is 2.75 bits per heavy atom. The molecule has 0 aliphatic heterocycles. The van der Waals surface area contributed by atoms with Gasteiger partial charge in [-0.25, -0.2) is 0 Å². The zero-order valence-electron chi connectivity index (χ0n) is 17.2. The SMILES string of the molecule is CCOC1CC=C(C2=CCCC(SC3CC(OC)=CC(CC(=O)O)C3)C2)CC1. The van der Waals surface area contributed by atoms with Crippen molar-refractivity contribution in [2.45, 2.75) is 81.3 Å². The Bertz CT molecular complexity index is 637. The Morgan fingerprint density at radius 1 is 1.21 bits per heavy atom. The van der Waals surface area contributed by atoms with Crippen molar-refractivity contribution in [2.24, 2.45) is 5.92 Å². The van der Waals surface area contributed by atoms with Crippen molar-refractivity contribution in [2.75, 3.05) is 13.7 Å². The Hall–Kier alpha value is -1.20. The van der Waals surface area contributed by atoms with Gasteiger partial charge in [0, 0.05) is 23.5 Å². The number of carboxylic acids is 1. The van der Waals surface area contributed by atoms with Gasteiger partial charge in [-0.2, -0.15) is 11.8 Å². The molecule has 5 heteroatoms. The molecule has 0 aromatic heterocycles. The van der Waals surface area contributed by atoms with E-state index in [1.54, 1.807) is 12.7 Å². The number of ether oxygens (including phenoxy) is 2. The predicted molar refractivity (Wildman–Crippen MR) is 115 cm³/mol. The zero-order chi connectivity index (χ0) is 19.9. The van der Waals surface area contributed by atoms with Crippen LogP contribution in [-0.4, -0.2) is 41.4 Å². The molecule has 4 unspecified atom stereocenters. The van der Waals surface area contributed by atoms with Crippen LogP contribution in [0.3, 0.4) is 0 Å². The average Bonchev–Trinajstić information content (AvgIpc) is 2.68. The van der Waals surface area contributed by atoms with Crippen LogP contribution in [0.15, 0.2) is 35.1 Å². The molecule has 0 bridgehead atoms. The Labute approximate surface area is 173 Å². The van der Waals surface area contributed by atoms with Gasteiger partial charge in [0.1, 0.15) is 0 Å². The first-order chi connectivity index (χ1) is 13.6. The van der Waals surface area contributed by atoms with E-state index in [0.717, 1.165) is 57.3 Å². The first-order valence-corrected chi connectivity index (χ1v) is 11.6. The molecule has 28 heavy (non-hydrogen) atoms. The molecule has 3 rings (SSSR count). The molecule has 0 saturated carbocycles. The lowest BCUT2D eigenvalue weighted by Crippen LogP contribution is -2.23. The minimum atomic E-state index is -0.722. The van der Waals surface area contributed by atoms with Crippen molar-refractivity contribution < 1.29 is 19.4 Å². The second-order valence-corrected chi connectivity index (χ2v) is 9.71. The van der Waals surface area contributed by atoms with Gasteiger partial charge in [-0.05, 0) is 75.0 Å². The monoisotopic (exact) mass is 406 g/mol. The van der Waals surface area contributed by atoms with Gasteiger partial charge in [0.25, 0.3) is 0 Å². The summed E-state index contributed by atoms with van der Waals surface area (Å²) < 4.78 is 11.3. The predicted octanol–water partition coefficient (Wildman–Crippen LogP) is 5.50. The third-order valence-corrected chi connectivity index (χ3v) is 7.54. The van der Waals surface area contributed by atoms with Crippen molar-refractivity contribution in [3.05, 3.63) is 35.1 Å². The van der Waals surface area contributed by atoms with E-state index in [0.29, 0.717) is 16.6 Å². The fourth-order valence-corrected chi connectivity index (χ4v) is 6.39. The first kappa shape index (κ1) is 21.5. The molecule has 0 amide bonds. The lowest BCUT2D eigenvalue weighted by molar-refractivity contribution is -0.137. The first-order valence-electron chi connectivity index (χ1n) is 10.7. The molecule has 156 valence electrons. The fourth-order valence-electron chi connectivity index (χ4n) is 4.68. The molecule has 0 fully saturated rings. The largest absolute Gasteiger partial charge is 0.501 e. The Balaban J connectivity index is 1.55. The lowest BCUT2D eigenvalue weighted by Gasteiger charge is -2.32. The number of rotatable bonds is 8. The van der Waals surface area contributed by atoms with Crippen molar-refractivity contribution in [1.82, 2.24) is 0 Å². The van der Waals surface area contributed by atoms with E-state index in [1.165, 1.54) is 12.0 Å². The maximum atomic E-state index is 11.1. The maximum Gasteiger partial charge on any atom is 0.303 e. The van der Waals surface area contributed by atoms with Crippen LogP contribution in [0.25, 0.3) is 0 Å². The molecule has 0 heterocycles. The molecule has 4 atom stereocenters. The molecule has 0 aromatic rings. The number of carboxylic acid groups (broad SMARTS) is 1. The molecule has 1 N–H and O–H groups in total. The van der Waals surface area contributed by atoms with Crippen LogP contribution in [0.5, 0.6) is 0 Å². The van der Waals surface area contributed by atoms with Crippen LogP contribution in [0.4, 0.5) is 0 Å². The highest BCUT2D eigenvalue weighted by atomic mass is 32.2. The van der Waals surface area contributed by atoms with Crippen LogP contribution in [0.2, 0.25) is 0 Å². The molecule has 0 radical (unpaired) electrons. The van der Waals surface area contributed by atoms with Crippen LogP contribution >= 0.6 is 11.8 Å². The average molecular weight is 407 g/mol. The number of carbonyl (C=O) groups is 1. The minimum Gasteiger partial charge on any atom is -0.501 e. The van der Waals surface area contributed by atoms with Gasteiger partial charge in [-0.15, -0.1) is 0 Å². The summed E-state index contributed by atoms with van der Waals surface area (Å²) in [6, 6.07) is 0. The summed E-state index contributed by atoms with van der Waals surface area (Å²) in [6.07, 6.45) is 16.2. The summed E-state index contributed by atoms with van der Waals surface area (Å²) in [7, 11) is 1.70. The van der Waals surface area contributed by atoms with E-state index in [2.05, 4.69) is 30.8 Å². The summed E-state index contributed by atoms with van der Waals surface area (Å²) in [5.41, 5.74) is 3.07. The van der Waals surface area contributed by atoms with E-state index < -0.39 is 5.97 Å². The Kier molecular flexibility index (Phi) is 8.10. The van der Waals surface area contributed by atoms with Crippen LogP contribution in [0.1, 0.15) is 64.7 Å². The van der Waals surface area contributed by atoms with Gasteiger partial charge in [0.2, 0.25) is 0 Å². The smallest absolute Gasteiger partial charge is 0.303 e. The van der Waals surface area contributed by atoms with Gasteiger partial charge < -0.3 is 14.6 Å². The molecule has 3 aliphatic carbocycles. The standard InChI is InChI=1S/C23H34O4S/c1-3-27-19-9-7-17(8-10-19)18-5-4-6-21(14-18)28-22-12-16(13-23(24)25)11-20(15-22)26-2/h5,7,11,16,19,21-22H,3-4,6,8-10,12-15H2,1-2H3,(H,24,25). The summed E-state index contributed by atoms with van der Waals surface area (Å²) in [5.74, 6) is 0.326. The van der Waals surface area contributed by atoms with Gasteiger partial charge in [0.05, 0.1) is 25.4 Å². The quantitative estimate of drug-likeness (QED) is 0.577. The fraction of sp³-hybridized carbons (Fsp3) is 0.696. The van der Waals surface area contributed by atoms with Crippen molar-refractivity contribution in [3.8, 4) is 0 Å². The van der Waals surface area contributed by atoms with E-state index >= 15 is 0 Å². The maximum absolute atomic E-state index is 11.1. The van der Waals surface area contributed by atoms with Crippen molar-refractivity contribution >= 4 is 17.7 Å². The molecular formula is C23H34O4S. The third kappa shape index (κ3) is 6.15. The number of allylic oxidation sites excluding steroid dienone is 5. The van der Waals surface area contributed by atoms with Gasteiger partial charge in [-0.1, -0.05) is 12.2 Å². The number of methoxy groups -OCH3 is 1. The number of thioether (sulfide) groups is 1. The molecule has 0 saturated heterocycles. The van der Waals surface area contributed by atoms with Gasteiger partial charge in [-0.3, -0.25) is 4.79 Å². The van der Waals surface area contributed by atoms with Crippen LogP contribution < -0.4 is 0 Å². The molecular weight excluding hydrogens is 372 g/mol. The highest BCUT2D eigenvalue weighted by Gasteiger charge is 2.29. The summed E-state index contributed by atoms with van der Waals surface area (Å²) in [6.45, 7) is 2.87. The Morgan fingerprint density at radius 2 is 2.07 bits per heavy atom. The highest BCUT2D eigenvalue weighted by Crippen LogP contribution is 2.41. The van der Waals surface area contributed by atoms with Crippen molar-refractivity contribution in [1.29, 1.82) is 0 Å². The molecule has 0 aromatic carbocycles. The van der Waals surface area contributed by atoms with Crippen molar-refractivity contribution in [3.63, 3.8) is 0 Å². The minimum absolute atomic E-state index is 0.0915. The van der Waals surface area contributed by atoms with Crippen LogP contribution in [0, 0.1) is 5.92 Å². The summed E-state index contributed by atoms with van der Waals surface area (Å²) in [4.78, 5) is 11.1. The van der Waals surface area contributed by atoms with E-state index in [-0.39, 0.29) is 12.3 Å². The highest BCUT2D eigenvalue weighted by molar-refractivity contribution is 8.00. The summed E-state index contributed by atoms with van der Waals surface area (Å²) >= 11 is 2.06. The van der Waals surface area contributed by atoms with E-state index in [4.69, 9.17) is 14.6 Å². The van der Waals surface area contributed by atoms with Crippen LogP contribution in [-0.2, 0) is 14.3 Å². The van der Waals surface area contributed by atoms with Gasteiger partial charge in [0.15, 0.2) is 0 Å². The normalized spacial score (nSPS) is 30.9. The number of aliphatic carboxylic acids is 1. The number of hydrogen-bond donors (Lipinski definition) is 1. The number of hydrogen-bond acceptors (Lipinski definition) is 4. The topological polar surface area (TPSA) is 55.8 Å². The lowest BCUT2D eigenvalue weighted by atomic mass is 9.86.